The van der Waals surface area contributed by atoms with Gasteiger partial charge in [-0.05, 0) is 37.6 Å². The van der Waals surface area contributed by atoms with Gasteiger partial charge in [0.25, 0.3) is 0 Å². The molecule has 0 unspecified atom stereocenters. The highest BCUT2D eigenvalue weighted by atomic mass is 16.2. The fraction of sp³-hybridized carbons (Fsp3) is 0.0833. The molecule has 7 nitrogen and oxygen atoms in total. The summed E-state index contributed by atoms with van der Waals surface area (Å²) in [4.78, 5) is 12.5. The Bertz CT molecular complexity index is 1420. The van der Waals surface area contributed by atoms with Crippen molar-refractivity contribution in [3.8, 4) is 11.4 Å². The van der Waals surface area contributed by atoms with Crippen LogP contribution in [0.15, 0.2) is 72.8 Å². The van der Waals surface area contributed by atoms with Gasteiger partial charge in [-0.25, -0.2) is 4.79 Å². The predicted octanol–water partition coefficient (Wildman–Crippen LogP) is 5.21. The Hall–Kier alpha value is -4.26. The molecule has 0 saturated carbocycles. The van der Waals surface area contributed by atoms with E-state index in [0.717, 1.165) is 33.3 Å². The summed E-state index contributed by atoms with van der Waals surface area (Å²) in [6.45, 7) is 3.92. The van der Waals surface area contributed by atoms with Crippen molar-refractivity contribution in [2.75, 3.05) is 10.6 Å². The number of para-hydroxylation sites is 1. The molecule has 0 saturated heterocycles. The zero-order valence-corrected chi connectivity index (χ0v) is 17.1. The molecule has 5 rings (SSSR count). The van der Waals surface area contributed by atoms with E-state index in [1.807, 2.05) is 86.6 Å². The van der Waals surface area contributed by atoms with Gasteiger partial charge in [0.2, 0.25) is 0 Å². The van der Waals surface area contributed by atoms with Crippen molar-refractivity contribution < 1.29 is 4.79 Å². The molecule has 2 heterocycles. The minimum absolute atomic E-state index is 0.308. The highest BCUT2D eigenvalue weighted by molar-refractivity contribution is 6.00. The fourth-order valence-corrected chi connectivity index (χ4v) is 3.62. The third-order valence-corrected chi connectivity index (χ3v) is 5.22. The number of nitrogens with zero attached hydrogens (tertiary/aromatic N) is 4. The molecule has 0 aliphatic heterocycles. The maximum atomic E-state index is 12.5. The highest BCUT2D eigenvalue weighted by Crippen LogP contribution is 2.27. The molecule has 2 aromatic heterocycles. The second-order valence-electron chi connectivity index (χ2n) is 7.36. The van der Waals surface area contributed by atoms with Crippen LogP contribution in [0, 0.1) is 13.8 Å². The molecule has 0 aliphatic carbocycles. The first-order chi connectivity index (χ1) is 15.1. The van der Waals surface area contributed by atoms with E-state index >= 15 is 0 Å². The third-order valence-electron chi connectivity index (χ3n) is 5.22. The number of hydrogen-bond donors (Lipinski definition) is 2. The first-order valence-electron chi connectivity index (χ1n) is 9.95. The summed E-state index contributed by atoms with van der Waals surface area (Å²) in [5, 5.41) is 21.3. The Kier molecular flexibility index (Phi) is 4.55. The number of fused-ring (bicyclic) bond motifs is 3. The van der Waals surface area contributed by atoms with Crippen molar-refractivity contribution in [3.05, 3.63) is 84.1 Å². The van der Waals surface area contributed by atoms with Crippen LogP contribution in [0.2, 0.25) is 0 Å². The van der Waals surface area contributed by atoms with Crippen LogP contribution >= 0.6 is 0 Å². The largest absolute Gasteiger partial charge is 0.323 e. The van der Waals surface area contributed by atoms with Gasteiger partial charge < -0.3 is 10.6 Å². The van der Waals surface area contributed by atoms with Crippen molar-refractivity contribution in [2.45, 2.75) is 13.8 Å². The summed E-state index contributed by atoms with van der Waals surface area (Å²) in [6.07, 6.45) is 0. The summed E-state index contributed by atoms with van der Waals surface area (Å²) in [6, 6.07) is 22.8. The van der Waals surface area contributed by atoms with E-state index in [1.165, 1.54) is 0 Å². The van der Waals surface area contributed by atoms with E-state index < -0.39 is 0 Å². The van der Waals surface area contributed by atoms with Crippen molar-refractivity contribution in [2.24, 2.45) is 0 Å². The lowest BCUT2D eigenvalue weighted by atomic mass is 10.1. The number of anilines is 2. The molecule has 5 aromatic rings. The van der Waals surface area contributed by atoms with Gasteiger partial charge in [-0.3, -0.25) is 0 Å². The smallest absolute Gasteiger partial charge is 0.308 e. The fourth-order valence-electron chi connectivity index (χ4n) is 3.62. The normalized spacial score (nSPS) is 11.0. The topological polar surface area (TPSA) is 84.2 Å². The Labute approximate surface area is 178 Å². The number of carbonyl (C=O) groups excluding carboxylic acids is 1. The van der Waals surface area contributed by atoms with Crippen LogP contribution in [0.4, 0.5) is 16.2 Å². The number of hydrogen-bond acceptors (Lipinski definition) is 4. The first-order valence-corrected chi connectivity index (χ1v) is 9.95. The molecular weight excluding hydrogens is 388 g/mol. The number of benzene rings is 3. The van der Waals surface area contributed by atoms with Crippen LogP contribution in [0.1, 0.15) is 11.3 Å². The monoisotopic (exact) mass is 408 g/mol. The van der Waals surface area contributed by atoms with E-state index in [2.05, 4.69) is 20.8 Å². The first kappa shape index (κ1) is 18.7. The molecule has 0 atom stereocenters. The molecule has 0 bridgehead atoms. The molecule has 0 aliphatic rings. The van der Waals surface area contributed by atoms with Crippen molar-refractivity contribution >= 4 is 33.8 Å². The van der Waals surface area contributed by atoms with E-state index in [4.69, 9.17) is 5.10 Å². The summed E-state index contributed by atoms with van der Waals surface area (Å²) in [7, 11) is 0. The zero-order valence-electron chi connectivity index (χ0n) is 17.1. The number of rotatable bonds is 3. The molecular formula is C24H20N6O. The van der Waals surface area contributed by atoms with Crippen molar-refractivity contribution in [1.82, 2.24) is 19.8 Å². The number of aryl methyl sites for hydroxylation is 2. The third kappa shape index (κ3) is 3.46. The van der Waals surface area contributed by atoms with E-state index in [9.17, 15) is 4.79 Å². The molecule has 0 spiro atoms. The number of carbonyl (C=O) groups is 1. The summed E-state index contributed by atoms with van der Waals surface area (Å²) in [5.41, 5.74) is 4.78. The number of nitrogens with one attached hydrogen (secondary N) is 2. The Balaban J connectivity index is 1.52. The minimum atomic E-state index is -0.308. The second kappa shape index (κ2) is 7.53. The van der Waals surface area contributed by atoms with Gasteiger partial charge >= 0.3 is 6.03 Å². The van der Waals surface area contributed by atoms with Gasteiger partial charge in [-0.2, -0.15) is 9.61 Å². The zero-order chi connectivity index (χ0) is 21.4. The molecule has 2 amide bonds. The maximum absolute atomic E-state index is 12.5. The molecule has 31 heavy (non-hydrogen) atoms. The Morgan fingerprint density at radius 1 is 0.839 bits per heavy atom. The summed E-state index contributed by atoms with van der Waals surface area (Å²) in [5.74, 6) is 0.621. The lowest BCUT2D eigenvalue weighted by molar-refractivity contribution is 0.262. The van der Waals surface area contributed by atoms with E-state index in [1.54, 1.807) is 4.52 Å². The van der Waals surface area contributed by atoms with Gasteiger partial charge in [0, 0.05) is 27.7 Å². The van der Waals surface area contributed by atoms with Crippen LogP contribution in [0.3, 0.4) is 0 Å². The van der Waals surface area contributed by atoms with Gasteiger partial charge in [0.1, 0.15) is 0 Å². The average Bonchev–Trinajstić information content (AvgIpc) is 3.20. The minimum Gasteiger partial charge on any atom is -0.308 e. The summed E-state index contributed by atoms with van der Waals surface area (Å²) >= 11 is 0. The standard InChI is InChI=1S/C24H20N6O/c1-15-12-13-17(14-21(15)26-24(31)25-18-8-4-3-5-9-18)22-27-28-23-20-11-7-6-10-19(20)16(2)29-30(22)23/h3-14H,1-2H3,(H2,25,26,31). The van der Waals surface area contributed by atoms with E-state index in [-0.39, 0.29) is 6.03 Å². The van der Waals surface area contributed by atoms with Gasteiger partial charge in [-0.1, -0.05) is 54.6 Å². The van der Waals surface area contributed by atoms with Crippen LogP contribution in [0.25, 0.3) is 27.8 Å². The Morgan fingerprint density at radius 3 is 2.39 bits per heavy atom. The quantitative estimate of drug-likeness (QED) is 0.429. The SMILES string of the molecule is Cc1ccc(-c2nnc3c4ccccc4c(C)nn23)cc1NC(=O)Nc1ccccc1. The molecule has 0 radical (unpaired) electrons. The highest BCUT2D eigenvalue weighted by Gasteiger charge is 2.15. The second-order valence-corrected chi connectivity index (χ2v) is 7.36. The number of urea groups is 1. The van der Waals surface area contributed by atoms with Gasteiger partial charge in [-0.15, -0.1) is 10.2 Å². The lowest BCUT2D eigenvalue weighted by Gasteiger charge is -2.11. The number of aromatic nitrogens is 4. The van der Waals surface area contributed by atoms with Crippen LogP contribution in [-0.2, 0) is 0 Å². The van der Waals surface area contributed by atoms with Gasteiger partial charge in [0.15, 0.2) is 11.5 Å². The lowest BCUT2D eigenvalue weighted by Crippen LogP contribution is -2.20. The van der Waals surface area contributed by atoms with Crippen LogP contribution in [0.5, 0.6) is 0 Å². The van der Waals surface area contributed by atoms with Gasteiger partial charge in [0.05, 0.1) is 5.69 Å². The maximum Gasteiger partial charge on any atom is 0.323 e. The van der Waals surface area contributed by atoms with E-state index in [0.29, 0.717) is 17.2 Å². The molecule has 152 valence electrons. The molecule has 7 heteroatoms. The summed E-state index contributed by atoms with van der Waals surface area (Å²) < 4.78 is 1.76. The van der Waals surface area contributed by atoms with Crippen LogP contribution in [-0.4, -0.2) is 25.8 Å². The predicted molar refractivity (Wildman–Crippen MR) is 122 cm³/mol. The number of amides is 2. The molecule has 2 N–H and O–H groups in total. The van der Waals surface area contributed by atoms with Crippen molar-refractivity contribution in [1.29, 1.82) is 0 Å². The average molecular weight is 408 g/mol. The molecule has 3 aromatic carbocycles. The molecule has 0 fully saturated rings. The Morgan fingerprint density at radius 2 is 1.58 bits per heavy atom. The van der Waals surface area contributed by atoms with Crippen molar-refractivity contribution in [3.63, 3.8) is 0 Å². The van der Waals surface area contributed by atoms with Crippen LogP contribution < -0.4 is 10.6 Å².